The van der Waals surface area contributed by atoms with E-state index in [-0.39, 0.29) is 11.3 Å². The van der Waals surface area contributed by atoms with E-state index in [0.29, 0.717) is 12.8 Å². The van der Waals surface area contributed by atoms with Crippen molar-refractivity contribution in [2.24, 2.45) is 0 Å². The quantitative estimate of drug-likeness (QED) is 0.843. The summed E-state index contributed by atoms with van der Waals surface area (Å²) in [5.41, 5.74) is 5.98. The number of para-hydroxylation sites is 1. The minimum atomic E-state index is -4.43. The van der Waals surface area contributed by atoms with E-state index in [1.807, 2.05) is 0 Å². The van der Waals surface area contributed by atoms with Crippen LogP contribution < -0.4 is 5.73 Å². The van der Waals surface area contributed by atoms with Gasteiger partial charge in [-0.25, -0.2) is 0 Å². The molecule has 1 amide bonds. The number of anilines is 1. The fourth-order valence-corrected chi connectivity index (χ4v) is 2.14. The van der Waals surface area contributed by atoms with Gasteiger partial charge in [0.05, 0.1) is 5.56 Å². The Balaban J connectivity index is 3.10. The number of amides is 1. The largest absolute Gasteiger partial charge is 0.406 e. The number of carbonyl (C=O) groups excluding carboxylic acids is 1. The second kappa shape index (κ2) is 6.63. The predicted octanol–water partition coefficient (Wildman–Crippen LogP) is 3.46. The zero-order chi connectivity index (χ0) is 15.3. The van der Waals surface area contributed by atoms with Crippen LogP contribution in [0.1, 0.15) is 37.0 Å². The minimum absolute atomic E-state index is 0.114. The normalized spacial score (nSPS) is 11.7. The predicted molar refractivity (Wildman–Crippen MR) is 72.3 cm³/mol. The third kappa shape index (κ3) is 4.15. The van der Waals surface area contributed by atoms with Crippen LogP contribution in [0.4, 0.5) is 18.9 Å². The summed E-state index contributed by atoms with van der Waals surface area (Å²) in [6.07, 6.45) is -3.50. The molecule has 0 aliphatic carbocycles. The number of hydrogen-bond acceptors (Lipinski definition) is 2. The SMILES string of the molecule is CCC(CC)N(CC(F)(F)F)C(=O)c1ccccc1N. The zero-order valence-electron chi connectivity index (χ0n) is 11.6. The van der Waals surface area contributed by atoms with Crippen LogP contribution in [-0.2, 0) is 0 Å². The Hall–Kier alpha value is -1.72. The molecule has 0 unspecified atom stereocenters. The first kappa shape index (κ1) is 16.3. The molecule has 0 heterocycles. The molecule has 1 aromatic rings. The Kier molecular flexibility index (Phi) is 5.42. The maximum Gasteiger partial charge on any atom is 0.406 e. The molecular weight excluding hydrogens is 269 g/mol. The molecule has 3 nitrogen and oxygen atoms in total. The Morgan fingerprint density at radius 3 is 2.25 bits per heavy atom. The van der Waals surface area contributed by atoms with Crippen molar-refractivity contribution >= 4 is 11.6 Å². The third-order valence-corrected chi connectivity index (χ3v) is 3.18. The lowest BCUT2D eigenvalue weighted by Gasteiger charge is -2.31. The van der Waals surface area contributed by atoms with Crippen molar-refractivity contribution in [3.05, 3.63) is 29.8 Å². The van der Waals surface area contributed by atoms with Crippen LogP contribution in [0.2, 0.25) is 0 Å². The number of alkyl halides is 3. The molecule has 0 aromatic heterocycles. The van der Waals surface area contributed by atoms with Gasteiger partial charge in [-0.1, -0.05) is 26.0 Å². The first-order valence-corrected chi connectivity index (χ1v) is 6.52. The highest BCUT2D eigenvalue weighted by molar-refractivity contribution is 5.99. The molecule has 0 spiro atoms. The van der Waals surface area contributed by atoms with Crippen molar-refractivity contribution in [1.29, 1.82) is 0 Å². The molecule has 0 fully saturated rings. The van der Waals surface area contributed by atoms with Crippen LogP contribution in [0.15, 0.2) is 24.3 Å². The van der Waals surface area contributed by atoms with Gasteiger partial charge in [-0.2, -0.15) is 13.2 Å². The van der Waals surface area contributed by atoms with Crippen molar-refractivity contribution in [3.63, 3.8) is 0 Å². The molecule has 0 aliphatic rings. The van der Waals surface area contributed by atoms with E-state index in [0.717, 1.165) is 4.90 Å². The Bertz CT molecular complexity index is 456. The summed E-state index contributed by atoms with van der Waals surface area (Å²) in [4.78, 5) is 13.2. The van der Waals surface area contributed by atoms with Gasteiger partial charge in [0, 0.05) is 11.7 Å². The van der Waals surface area contributed by atoms with Gasteiger partial charge in [0.15, 0.2) is 0 Å². The van der Waals surface area contributed by atoms with Gasteiger partial charge in [0.2, 0.25) is 0 Å². The Morgan fingerprint density at radius 2 is 1.80 bits per heavy atom. The molecule has 2 N–H and O–H groups in total. The number of nitrogens with two attached hydrogens (primary N) is 1. The molecule has 1 aromatic carbocycles. The van der Waals surface area contributed by atoms with Gasteiger partial charge in [-0.05, 0) is 25.0 Å². The maximum atomic E-state index is 12.7. The first-order chi connectivity index (χ1) is 9.30. The van der Waals surface area contributed by atoms with E-state index >= 15 is 0 Å². The van der Waals surface area contributed by atoms with E-state index < -0.39 is 24.7 Å². The van der Waals surface area contributed by atoms with Crippen LogP contribution in [0.25, 0.3) is 0 Å². The smallest absolute Gasteiger partial charge is 0.398 e. The monoisotopic (exact) mass is 288 g/mol. The van der Waals surface area contributed by atoms with E-state index in [9.17, 15) is 18.0 Å². The lowest BCUT2D eigenvalue weighted by Crippen LogP contribution is -2.45. The zero-order valence-corrected chi connectivity index (χ0v) is 11.6. The first-order valence-electron chi connectivity index (χ1n) is 6.52. The molecule has 6 heteroatoms. The number of benzene rings is 1. The lowest BCUT2D eigenvalue weighted by atomic mass is 10.1. The van der Waals surface area contributed by atoms with E-state index in [1.165, 1.54) is 12.1 Å². The van der Waals surface area contributed by atoms with Crippen molar-refractivity contribution in [1.82, 2.24) is 4.90 Å². The molecule has 0 bridgehead atoms. The summed E-state index contributed by atoms with van der Waals surface area (Å²) in [6.45, 7) is 2.27. The summed E-state index contributed by atoms with van der Waals surface area (Å²) >= 11 is 0. The van der Waals surface area contributed by atoms with E-state index in [2.05, 4.69) is 0 Å². The van der Waals surface area contributed by atoms with Gasteiger partial charge < -0.3 is 10.6 Å². The Morgan fingerprint density at radius 1 is 1.25 bits per heavy atom. The number of nitrogen functional groups attached to an aromatic ring is 1. The molecule has 0 atom stereocenters. The highest BCUT2D eigenvalue weighted by Gasteiger charge is 2.36. The van der Waals surface area contributed by atoms with Gasteiger partial charge in [0.25, 0.3) is 5.91 Å². The summed E-state index contributed by atoms with van der Waals surface area (Å²) in [6, 6.07) is 5.72. The molecule has 0 saturated heterocycles. The number of rotatable bonds is 5. The lowest BCUT2D eigenvalue weighted by molar-refractivity contribution is -0.144. The number of carbonyl (C=O) groups is 1. The standard InChI is InChI=1S/C14H19F3N2O/c1-3-10(4-2)19(9-14(15,16)17)13(20)11-7-5-6-8-12(11)18/h5-8,10H,3-4,9,18H2,1-2H3. The molecule has 0 radical (unpaired) electrons. The van der Waals surface area contributed by atoms with Gasteiger partial charge >= 0.3 is 6.18 Å². The van der Waals surface area contributed by atoms with Gasteiger partial charge in [-0.15, -0.1) is 0 Å². The van der Waals surface area contributed by atoms with Crippen molar-refractivity contribution in [2.45, 2.75) is 38.9 Å². The fraction of sp³-hybridized carbons (Fsp3) is 0.500. The average molecular weight is 288 g/mol. The number of hydrogen-bond donors (Lipinski definition) is 1. The minimum Gasteiger partial charge on any atom is -0.398 e. The van der Waals surface area contributed by atoms with Crippen LogP contribution in [0.3, 0.4) is 0 Å². The van der Waals surface area contributed by atoms with Gasteiger partial charge in [-0.3, -0.25) is 4.79 Å². The maximum absolute atomic E-state index is 12.7. The molecule has 0 aliphatic heterocycles. The summed E-state index contributed by atoms with van der Waals surface area (Å²) in [5, 5.41) is 0. The molecular formula is C14H19F3N2O. The average Bonchev–Trinajstić information content (AvgIpc) is 2.37. The van der Waals surface area contributed by atoms with Crippen LogP contribution in [0, 0.1) is 0 Å². The summed E-state index contributed by atoms with van der Waals surface area (Å²) in [5.74, 6) is -0.672. The molecule has 1 rings (SSSR count). The highest BCUT2D eigenvalue weighted by atomic mass is 19.4. The second-order valence-corrected chi connectivity index (χ2v) is 4.61. The number of nitrogens with zero attached hydrogens (tertiary/aromatic N) is 1. The summed E-state index contributed by atoms with van der Waals surface area (Å²) < 4.78 is 38.1. The van der Waals surface area contributed by atoms with Crippen molar-refractivity contribution in [2.75, 3.05) is 12.3 Å². The van der Waals surface area contributed by atoms with E-state index in [1.54, 1.807) is 26.0 Å². The fourth-order valence-electron chi connectivity index (χ4n) is 2.14. The van der Waals surface area contributed by atoms with Crippen molar-refractivity contribution < 1.29 is 18.0 Å². The Labute approximate surface area is 116 Å². The third-order valence-electron chi connectivity index (χ3n) is 3.18. The van der Waals surface area contributed by atoms with Crippen molar-refractivity contribution in [3.8, 4) is 0 Å². The second-order valence-electron chi connectivity index (χ2n) is 4.61. The van der Waals surface area contributed by atoms with Crippen LogP contribution in [-0.4, -0.2) is 29.6 Å². The van der Waals surface area contributed by atoms with Gasteiger partial charge in [0.1, 0.15) is 6.54 Å². The topological polar surface area (TPSA) is 46.3 Å². The molecule has 0 saturated carbocycles. The van der Waals surface area contributed by atoms with Crippen LogP contribution in [0.5, 0.6) is 0 Å². The van der Waals surface area contributed by atoms with Crippen LogP contribution >= 0.6 is 0 Å². The molecule has 112 valence electrons. The number of halogens is 3. The molecule has 20 heavy (non-hydrogen) atoms. The highest BCUT2D eigenvalue weighted by Crippen LogP contribution is 2.24. The van der Waals surface area contributed by atoms with E-state index in [4.69, 9.17) is 5.73 Å². The summed E-state index contributed by atoms with van der Waals surface area (Å²) in [7, 11) is 0.